The maximum absolute atomic E-state index is 4.35. The Morgan fingerprint density at radius 3 is 1.82 bits per heavy atom. The minimum absolute atomic E-state index is 0.148. The van der Waals surface area contributed by atoms with Crippen molar-refractivity contribution < 1.29 is 0 Å². The lowest BCUT2D eigenvalue weighted by atomic mass is 9.79. The van der Waals surface area contributed by atoms with E-state index in [9.17, 15) is 0 Å². The molecular weight excluding hydrogens is 266 g/mol. The second-order valence-corrected chi connectivity index (χ2v) is 7.93. The van der Waals surface area contributed by atoms with Crippen molar-refractivity contribution >= 4 is 12.2 Å². The van der Waals surface area contributed by atoms with E-state index >= 15 is 0 Å². The van der Waals surface area contributed by atoms with E-state index in [1.807, 2.05) is 24.4 Å². The summed E-state index contributed by atoms with van der Waals surface area (Å²) in [6.45, 7) is 13.6. The summed E-state index contributed by atoms with van der Waals surface area (Å²) in [5.41, 5.74) is 5.27. The van der Waals surface area contributed by atoms with Gasteiger partial charge in [-0.25, -0.2) is 0 Å². The molecule has 1 heterocycles. The van der Waals surface area contributed by atoms with Gasteiger partial charge in [0.15, 0.2) is 0 Å². The first-order valence-electron chi connectivity index (χ1n) is 7.91. The Morgan fingerprint density at radius 2 is 1.36 bits per heavy atom. The van der Waals surface area contributed by atoms with Crippen molar-refractivity contribution in [3.63, 3.8) is 0 Å². The van der Waals surface area contributed by atoms with Crippen LogP contribution in [-0.2, 0) is 10.8 Å². The third-order valence-electron chi connectivity index (χ3n) is 3.82. The third-order valence-corrected chi connectivity index (χ3v) is 3.82. The molecule has 0 unspecified atom stereocenters. The molecule has 1 heteroatoms. The van der Waals surface area contributed by atoms with Crippen LogP contribution in [0, 0.1) is 0 Å². The highest BCUT2D eigenvalue weighted by Crippen LogP contribution is 2.30. The van der Waals surface area contributed by atoms with Gasteiger partial charge in [0.05, 0.1) is 5.69 Å². The van der Waals surface area contributed by atoms with Crippen LogP contribution in [0.15, 0.2) is 42.6 Å². The number of aromatic nitrogens is 1. The molecule has 0 atom stereocenters. The fourth-order valence-corrected chi connectivity index (χ4v) is 2.27. The van der Waals surface area contributed by atoms with Gasteiger partial charge in [-0.15, -0.1) is 0 Å². The molecule has 0 fully saturated rings. The summed E-state index contributed by atoms with van der Waals surface area (Å²) in [5.74, 6) is 0. The Morgan fingerprint density at radius 1 is 0.773 bits per heavy atom. The zero-order chi connectivity index (χ0) is 16.4. The van der Waals surface area contributed by atoms with E-state index in [2.05, 4.69) is 76.9 Å². The summed E-state index contributed by atoms with van der Waals surface area (Å²) in [5, 5.41) is 0. The van der Waals surface area contributed by atoms with Crippen molar-refractivity contribution in [2.75, 3.05) is 0 Å². The number of benzene rings is 1. The molecule has 2 aromatic rings. The minimum atomic E-state index is 0.148. The van der Waals surface area contributed by atoms with Crippen LogP contribution in [0.5, 0.6) is 0 Å². The van der Waals surface area contributed by atoms with Crippen LogP contribution in [0.1, 0.15) is 63.9 Å². The molecule has 2 rings (SSSR count). The monoisotopic (exact) mass is 293 g/mol. The Balaban J connectivity index is 2.45. The molecule has 0 aliphatic rings. The lowest BCUT2D eigenvalue weighted by molar-refractivity contribution is 0.568. The molecule has 0 spiro atoms. The maximum atomic E-state index is 4.35. The smallest absolute Gasteiger partial charge is 0.0629 e. The van der Waals surface area contributed by atoms with Crippen molar-refractivity contribution in [1.82, 2.24) is 4.98 Å². The Bertz CT molecular complexity index is 620. The molecule has 0 amide bonds. The number of rotatable bonds is 2. The van der Waals surface area contributed by atoms with Gasteiger partial charge >= 0.3 is 0 Å². The zero-order valence-electron chi connectivity index (χ0n) is 14.6. The van der Waals surface area contributed by atoms with E-state index in [1.54, 1.807) is 0 Å². The average Bonchev–Trinajstić information content (AvgIpc) is 2.44. The van der Waals surface area contributed by atoms with Crippen molar-refractivity contribution in [2.45, 2.75) is 52.4 Å². The summed E-state index contributed by atoms with van der Waals surface area (Å²) in [6.07, 6.45) is 6.06. The van der Waals surface area contributed by atoms with E-state index in [-0.39, 0.29) is 10.8 Å². The lowest BCUT2D eigenvalue weighted by Crippen LogP contribution is -2.16. The number of pyridine rings is 1. The van der Waals surface area contributed by atoms with Crippen LogP contribution in [-0.4, -0.2) is 4.98 Å². The molecule has 0 aliphatic heterocycles. The van der Waals surface area contributed by atoms with Crippen molar-refractivity contribution in [1.29, 1.82) is 0 Å². The Hall–Kier alpha value is -1.89. The van der Waals surface area contributed by atoms with Gasteiger partial charge in [0, 0.05) is 6.20 Å². The predicted octanol–water partition coefficient (Wildman–Crippen LogP) is 5.85. The first kappa shape index (κ1) is 16.5. The summed E-state index contributed by atoms with van der Waals surface area (Å²) >= 11 is 0. The van der Waals surface area contributed by atoms with E-state index in [0.717, 1.165) is 5.69 Å². The van der Waals surface area contributed by atoms with Crippen molar-refractivity contribution in [3.05, 3.63) is 65.0 Å². The van der Waals surface area contributed by atoms with Gasteiger partial charge < -0.3 is 0 Å². The SMILES string of the molecule is CC(C)(C)c1cc(/C=C/c2ccccn2)cc(C(C)(C)C)c1. The van der Waals surface area contributed by atoms with E-state index in [0.29, 0.717) is 0 Å². The fourth-order valence-electron chi connectivity index (χ4n) is 2.27. The van der Waals surface area contributed by atoms with Gasteiger partial charge in [0.2, 0.25) is 0 Å². The molecule has 0 bridgehead atoms. The molecule has 116 valence electrons. The predicted molar refractivity (Wildman–Crippen MR) is 97.0 cm³/mol. The lowest BCUT2D eigenvalue weighted by Gasteiger charge is -2.25. The van der Waals surface area contributed by atoms with Crippen molar-refractivity contribution in [3.8, 4) is 0 Å². The van der Waals surface area contributed by atoms with Crippen LogP contribution in [0.4, 0.5) is 0 Å². The molecule has 22 heavy (non-hydrogen) atoms. The number of hydrogen-bond donors (Lipinski definition) is 0. The quantitative estimate of drug-likeness (QED) is 0.677. The topological polar surface area (TPSA) is 12.9 Å². The third kappa shape index (κ3) is 4.30. The number of hydrogen-bond acceptors (Lipinski definition) is 1. The largest absolute Gasteiger partial charge is 0.257 e. The van der Waals surface area contributed by atoms with Gasteiger partial charge in [-0.1, -0.05) is 71.9 Å². The highest BCUT2D eigenvalue weighted by Gasteiger charge is 2.19. The van der Waals surface area contributed by atoms with Gasteiger partial charge in [0.1, 0.15) is 0 Å². The molecule has 1 nitrogen and oxygen atoms in total. The van der Waals surface area contributed by atoms with Crippen LogP contribution >= 0.6 is 0 Å². The van der Waals surface area contributed by atoms with Gasteiger partial charge in [0.25, 0.3) is 0 Å². The molecule has 0 saturated heterocycles. The normalized spacial score (nSPS) is 12.8. The molecule has 1 aromatic heterocycles. The summed E-state index contributed by atoms with van der Waals surface area (Å²) in [6, 6.07) is 12.9. The summed E-state index contributed by atoms with van der Waals surface area (Å²) < 4.78 is 0. The van der Waals surface area contributed by atoms with Crippen LogP contribution < -0.4 is 0 Å². The molecular formula is C21H27N. The highest BCUT2D eigenvalue weighted by atomic mass is 14.6. The Kier molecular flexibility index (Phi) is 4.55. The van der Waals surface area contributed by atoms with Gasteiger partial charge in [-0.2, -0.15) is 0 Å². The fraction of sp³-hybridized carbons (Fsp3) is 0.381. The molecule has 0 N–H and O–H groups in total. The van der Waals surface area contributed by atoms with Crippen LogP contribution in [0.25, 0.3) is 12.2 Å². The minimum Gasteiger partial charge on any atom is -0.257 e. The molecule has 0 radical (unpaired) electrons. The standard InChI is InChI=1S/C21H27N/c1-20(2,3)17-13-16(14-18(15-17)21(4,5)6)10-11-19-9-7-8-12-22-19/h7-15H,1-6H3/b11-10+. The summed E-state index contributed by atoms with van der Waals surface area (Å²) in [4.78, 5) is 4.35. The second kappa shape index (κ2) is 6.08. The highest BCUT2D eigenvalue weighted by molar-refractivity contribution is 5.69. The maximum Gasteiger partial charge on any atom is 0.0629 e. The summed E-state index contributed by atoms with van der Waals surface area (Å²) in [7, 11) is 0. The van der Waals surface area contributed by atoms with E-state index < -0.39 is 0 Å². The number of nitrogens with zero attached hydrogens (tertiary/aromatic N) is 1. The first-order chi connectivity index (χ1) is 10.2. The van der Waals surface area contributed by atoms with E-state index in [1.165, 1.54) is 16.7 Å². The Labute approximate surface area is 135 Å². The van der Waals surface area contributed by atoms with Gasteiger partial charge in [-0.3, -0.25) is 4.98 Å². The van der Waals surface area contributed by atoms with Crippen LogP contribution in [0.3, 0.4) is 0 Å². The molecule has 0 saturated carbocycles. The average molecular weight is 293 g/mol. The van der Waals surface area contributed by atoms with Gasteiger partial charge in [-0.05, 0) is 45.7 Å². The second-order valence-electron chi connectivity index (χ2n) is 7.93. The zero-order valence-corrected chi connectivity index (χ0v) is 14.6. The van der Waals surface area contributed by atoms with Crippen LogP contribution in [0.2, 0.25) is 0 Å². The molecule has 1 aromatic carbocycles. The van der Waals surface area contributed by atoms with Crippen molar-refractivity contribution in [2.24, 2.45) is 0 Å². The van der Waals surface area contributed by atoms with E-state index in [4.69, 9.17) is 0 Å². The first-order valence-corrected chi connectivity index (χ1v) is 7.91. The molecule has 0 aliphatic carbocycles.